The minimum atomic E-state index is -0.464. The Bertz CT molecular complexity index is 477. The van der Waals surface area contributed by atoms with E-state index in [4.69, 9.17) is 18.6 Å². The zero-order chi connectivity index (χ0) is 18.1. The minimum absolute atomic E-state index is 0.370. The molecule has 0 aliphatic carbocycles. The lowest BCUT2D eigenvalue weighted by atomic mass is 9.48. The molecular formula is C17H32B2O4. The summed E-state index contributed by atoms with van der Waals surface area (Å²) in [6.45, 7) is 24.8. The molecule has 23 heavy (non-hydrogen) atoms. The van der Waals surface area contributed by atoms with E-state index in [1.165, 1.54) is 0 Å². The molecule has 0 atom stereocenters. The van der Waals surface area contributed by atoms with Crippen molar-refractivity contribution in [2.45, 2.75) is 97.0 Å². The monoisotopic (exact) mass is 322 g/mol. The highest BCUT2D eigenvalue weighted by atomic mass is 16.7. The molecule has 0 radical (unpaired) electrons. The topological polar surface area (TPSA) is 36.9 Å². The van der Waals surface area contributed by atoms with E-state index in [0.29, 0.717) is 0 Å². The highest BCUT2D eigenvalue weighted by Crippen LogP contribution is 2.50. The highest BCUT2D eigenvalue weighted by molar-refractivity contribution is 6.62. The fourth-order valence-corrected chi connectivity index (χ4v) is 2.58. The van der Waals surface area contributed by atoms with Crippen LogP contribution in [0.4, 0.5) is 0 Å². The first-order valence-electron chi connectivity index (χ1n) is 8.44. The Morgan fingerprint density at radius 1 is 0.696 bits per heavy atom. The number of hydrogen-bond donors (Lipinski definition) is 0. The van der Waals surface area contributed by atoms with Crippen LogP contribution in [0.2, 0.25) is 5.31 Å². The average Bonchev–Trinajstić information content (AvgIpc) is 2.68. The van der Waals surface area contributed by atoms with Gasteiger partial charge in [-0.05, 0) is 60.9 Å². The van der Waals surface area contributed by atoms with Crippen LogP contribution in [0.1, 0.15) is 69.2 Å². The molecule has 0 N–H and O–H groups in total. The summed E-state index contributed by atoms with van der Waals surface area (Å²) in [7, 11) is -0.854. The van der Waals surface area contributed by atoms with Crippen molar-refractivity contribution in [2.75, 3.05) is 0 Å². The first kappa shape index (κ1) is 19.0. The van der Waals surface area contributed by atoms with Gasteiger partial charge in [0.05, 0.1) is 22.4 Å². The minimum Gasteiger partial charge on any atom is -0.403 e. The Morgan fingerprint density at radius 3 is 1.35 bits per heavy atom. The Balaban J connectivity index is 2.20. The summed E-state index contributed by atoms with van der Waals surface area (Å²) in [5, 5.41) is -0.438. The quantitative estimate of drug-likeness (QED) is 0.735. The molecule has 2 heterocycles. The SMILES string of the molecule is C=C(B1OC(C)(C)C(C)(C)O1)C(C)(C)B1OC(C)(C)C(C)(C)O1. The molecule has 0 aromatic rings. The molecule has 0 amide bonds. The predicted octanol–water partition coefficient (Wildman–Crippen LogP) is 4.05. The average molecular weight is 322 g/mol. The van der Waals surface area contributed by atoms with E-state index in [-0.39, 0.29) is 29.5 Å². The van der Waals surface area contributed by atoms with Gasteiger partial charge in [0.1, 0.15) is 0 Å². The van der Waals surface area contributed by atoms with Crippen LogP contribution in [0.3, 0.4) is 0 Å². The maximum absolute atomic E-state index is 6.22. The summed E-state index contributed by atoms with van der Waals surface area (Å²) < 4.78 is 24.7. The molecule has 6 heteroatoms. The van der Waals surface area contributed by atoms with Crippen molar-refractivity contribution >= 4 is 14.2 Å². The van der Waals surface area contributed by atoms with Gasteiger partial charge in [-0.25, -0.2) is 0 Å². The van der Waals surface area contributed by atoms with Gasteiger partial charge >= 0.3 is 14.2 Å². The molecular weight excluding hydrogens is 290 g/mol. The summed E-state index contributed by atoms with van der Waals surface area (Å²) in [5.74, 6) is 0. The van der Waals surface area contributed by atoms with E-state index in [2.05, 4.69) is 48.1 Å². The molecule has 0 unspecified atom stereocenters. The normalized spacial score (nSPS) is 28.3. The Hall–Kier alpha value is -0.290. The van der Waals surface area contributed by atoms with Crippen LogP contribution < -0.4 is 0 Å². The number of hydrogen-bond acceptors (Lipinski definition) is 4. The first-order chi connectivity index (χ1) is 10.0. The maximum atomic E-state index is 6.22. The van der Waals surface area contributed by atoms with E-state index in [9.17, 15) is 0 Å². The molecule has 2 aliphatic heterocycles. The summed E-state index contributed by atoms with van der Waals surface area (Å²) >= 11 is 0. The molecule has 0 saturated carbocycles. The lowest BCUT2D eigenvalue weighted by molar-refractivity contribution is 0.00578. The van der Waals surface area contributed by atoms with Crippen LogP contribution in [-0.2, 0) is 18.6 Å². The molecule has 2 aliphatic rings. The third kappa shape index (κ3) is 2.92. The van der Waals surface area contributed by atoms with Gasteiger partial charge in [-0.15, -0.1) is 6.58 Å². The van der Waals surface area contributed by atoms with Gasteiger partial charge in [0.15, 0.2) is 0 Å². The van der Waals surface area contributed by atoms with Gasteiger partial charge in [-0.2, -0.15) is 0 Å². The van der Waals surface area contributed by atoms with Crippen molar-refractivity contribution < 1.29 is 18.6 Å². The van der Waals surface area contributed by atoms with Crippen LogP contribution in [0, 0.1) is 0 Å². The molecule has 2 fully saturated rings. The van der Waals surface area contributed by atoms with Crippen molar-refractivity contribution in [3.8, 4) is 0 Å². The summed E-state index contributed by atoms with van der Waals surface area (Å²) in [6, 6.07) is 0. The van der Waals surface area contributed by atoms with Gasteiger partial charge in [-0.1, -0.05) is 13.8 Å². The van der Waals surface area contributed by atoms with Crippen molar-refractivity contribution in [3.05, 3.63) is 12.1 Å². The van der Waals surface area contributed by atoms with Gasteiger partial charge in [0.2, 0.25) is 0 Å². The second kappa shape index (κ2) is 5.10. The molecule has 0 aromatic heterocycles. The van der Waals surface area contributed by atoms with Crippen molar-refractivity contribution in [2.24, 2.45) is 0 Å². The Labute approximate surface area is 142 Å². The van der Waals surface area contributed by atoms with E-state index in [1.54, 1.807) is 0 Å². The zero-order valence-corrected chi connectivity index (χ0v) is 16.5. The second-order valence-electron chi connectivity index (χ2n) is 9.42. The molecule has 2 rings (SSSR count). The van der Waals surface area contributed by atoms with E-state index in [1.807, 2.05) is 27.7 Å². The third-order valence-electron chi connectivity index (χ3n) is 6.21. The molecule has 0 spiro atoms. The molecule has 0 aromatic carbocycles. The van der Waals surface area contributed by atoms with Crippen LogP contribution in [0.5, 0.6) is 0 Å². The maximum Gasteiger partial charge on any atom is 0.489 e. The van der Waals surface area contributed by atoms with Crippen LogP contribution >= 0.6 is 0 Å². The summed E-state index contributed by atoms with van der Waals surface area (Å²) in [4.78, 5) is 0. The number of rotatable bonds is 3. The van der Waals surface area contributed by atoms with E-state index in [0.717, 1.165) is 5.47 Å². The fourth-order valence-electron chi connectivity index (χ4n) is 2.58. The van der Waals surface area contributed by atoms with Gasteiger partial charge in [0, 0.05) is 5.31 Å². The lowest BCUT2D eigenvalue weighted by Gasteiger charge is -2.32. The van der Waals surface area contributed by atoms with Gasteiger partial charge in [-0.3, -0.25) is 0 Å². The van der Waals surface area contributed by atoms with Crippen LogP contribution in [0.15, 0.2) is 12.1 Å². The lowest BCUT2D eigenvalue weighted by Crippen LogP contribution is -2.41. The zero-order valence-electron chi connectivity index (χ0n) is 16.5. The second-order valence-corrected chi connectivity index (χ2v) is 9.42. The Morgan fingerprint density at radius 2 is 1.00 bits per heavy atom. The van der Waals surface area contributed by atoms with Gasteiger partial charge < -0.3 is 18.6 Å². The van der Waals surface area contributed by atoms with Crippen LogP contribution in [0.25, 0.3) is 0 Å². The van der Waals surface area contributed by atoms with Crippen LogP contribution in [-0.4, -0.2) is 36.6 Å². The Kier molecular flexibility index (Phi) is 4.23. The summed E-state index contributed by atoms with van der Waals surface area (Å²) in [6.07, 6.45) is 0. The standard InChI is InChI=1S/C17H32B2O4/c1-12(18-20-14(4,5)15(6,7)21-18)13(2,3)19-22-16(8,9)17(10,11)23-19/h1H2,2-11H3. The van der Waals surface area contributed by atoms with E-state index < -0.39 is 12.4 Å². The van der Waals surface area contributed by atoms with Crippen molar-refractivity contribution in [1.82, 2.24) is 0 Å². The molecule has 4 nitrogen and oxygen atoms in total. The number of allylic oxidation sites excluding steroid dienone is 1. The van der Waals surface area contributed by atoms with Crippen molar-refractivity contribution in [1.29, 1.82) is 0 Å². The predicted molar refractivity (Wildman–Crippen MR) is 95.3 cm³/mol. The largest absolute Gasteiger partial charge is 0.489 e. The van der Waals surface area contributed by atoms with Gasteiger partial charge in [0.25, 0.3) is 0 Å². The highest BCUT2D eigenvalue weighted by Gasteiger charge is 2.61. The van der Waals surface area contributed by atoms with E-state index >= 15 is 0 Å². The first-order valence-corrected chi connectivity index (χ1v) is 8.44. The molecule has 130 valence electrons. The van der Waals surface area contributed by atoms with Crippen molar-refractivity contribution in [3.63, 3.8) is 0 Å². The molecule has 0 bridgehead atoms. The smallest absolute Gasteiger partial charge is 0.403 e. The fraction of sp³-hybridized carbons (Fsp3) is 0.882. The summed E-state index contributed by atoms with van der Waals surface area (Å²) in [5.41, 5.74) is -0.662. The molecule has 2 saturated heterocycles. The third-order valence-corrected chi connectivity index (χ3v) is 6.21.